The summed E-state index contributed by atoms with van der Waals surface area (Å²) in [5.74, 6) is 0.242. The van der Waals surface area contributed by atoms with Gasteiger partial charge in [0, 0.05) is 30.9 Å². The Morgan fingerprint density at radius 3 is 1.79 bits per heavy atom. The highest BCUT2D eigenvalue weighted by Gasteiger charge is 2.70. The van der Waals surface area contributed by atoms with Gasteiger partial charge in [-0.05, 0) is 77.7 Å². The molecule has 1 amide bonds. The zero-order chi connectivity index (χ0) is 37.5. The van der Waals surface area contributed by atoms with Crippen molar-refractivity contribution in [3.8, 4) is 17.2 Å². The number of hydrazine groups is 1. The van der Waals surface area contributed by atoms with Crippen molar-refractivity contribution in [1.29, 1.82) is 0 Å². The lowest BCUT2D eigenvalue weighted by atomic mass is 9.59. The van der Waals surface area contributed by atoms with Gasteiger partial charge in [0.05, 0.1) is 26.9 Å². The Morgan fingerprint density at radius 1 is 0.769 bits per heavy atom. The number of hydrogen-bond donors (Lipinski definition) is 2. The van der Waals surface area contributed by atoms with Crippen molar-refractivity contribution in [3.63, 3.8) is 0 Å². The van der Waals surface area contributed by atoms with E-state index in [1.165, 1.54) is 131 Å². The second kappa shape index (κ2) is 13.6. The van der Waals surface area contributed by atoms with Crippen molar-refractivity contribution in [1.82, 2.24) is 10.4 Å². The van der Waals surface area contributed by atoms with Gasteiger partial charge in [-0.1, -0.05) is 54.6 Å². The van der Waals surface area contributed by atoms with Gasteiger partial charge in [0.2, 0.25) is 5.67 Å². The van der Waals surface area contributed by atoms with Crippen LogP contribution in [0.3, 0.4) is 0 Å². The number of para-hydroxylation sites is 1. The number of alkyl halides is 5. The largest absolute Gasteiger partial charge is 0.497 e. The van der Waals surface area contributed by atoms with Crippen LogP contribution in [0, 0.1) is 0 Å². The number of nitrogens with one attached hydrogen (secondary N) is 2. The summed E-state index contributed by atoms with van der Waals surface area (Å²) in [4.78, 5) is 13.6. The molecule has 0 aromatic heterocycles. The second-order valence-electron chi connectivity index (χ2n) is 13.0. The van der Waals surface area contributed by atoms with E-state index in [4.69, 9.17) is 14.2 Å². The van der Waals surface area contributed by atoms with E-state index in [9.17, 15) is 13.6 Å². The first kappa shape index (κ1) is 36.4. The van der Waals surface area contributed by atoms with Crippen molar-refractivity contribution < 1.29 is 41.0 Å². The number of carbonyl (C=O) groups excluding carboxylic acids is 1. The lowest BCUT2D eigenvalue weighted by molar-refractivity contribution is -0.143. The number of anilines is 1. The molecule has 4 aromatic rings. The van der Waals surface area contributed by atoms with Crippen LogP contribution in [0.4, 0.5) is 27.6 Å². The zero-order valence-corrected chi connectivity index (χ0v) is 29.1. The molecule has 0 spiro atoms. The van der Waals surface area contributed by atoms with E-state index in [0.717, 1.165) is 6.08 Å². The number of halogens is 5. The van der Waals surface area contributed by atoms with Crippen LogP contribution < -0.4 is 25.0 Å². The lowest BCUT2D eigenvalue weighted by Crippen LogP contribution is -2.57. The number of nitrogens with zero attached hydrogens (tertiary/aromatic N) is 1. The molecule has 7 nitrogen and oxygen atoms in total. The molecule has 0 bridgehead atoms. The van der Waals surface area contributed by atoms with E-state index in [2.05, 4.69) is 10.7 Å². The van der Waals surface area contributed by atoms with E-state index in [-0.39, 0.29) is 39.1 Å². The zero-order valence-electron chi connectivity index (χ0n) is 29.1. The van der Waals surface area contributed by atoms with Crippen LogP contribution in [0.2, 0.25) is 0 Å². The summed E-state index contributed by atoms with van der Waals surface area (Å²) in [6, 6.07) is 22.8. The highest BCUT2D eigenvalue weighted by molar-refractivity contribution is 6.07. The van der Waals surface area contributed by atoms with Gasteiger partial charge in [-0.25, -0.2) is 27.4 Å². The summed E-state index contributed by atoms with van der Waals surface area (Å²) in [7, 11) is 5.76. The molecular formula is C40H38F5N3O4. The summed E-state index contributed by atoms with van der Waals surface area (Å²) < 4.78 is 100. The van der Waals surface area contributed by atoms with Crippen molar-refractivity contribution >= 4 is 17.2 Å². The molecule has 1 aliphatic carbocycles. The maximum absolute atomic E-state index is 18.7. The molecule has 0 saturated carbocycles. The molecule has 4 unspecified atom stereocenters. The maximum Gasteiger partial charge on any atom is 0.262 e. The normalized spacial score (nSPS) is 25.7. The van der Waals surface area contributed by atoms with E-state index in [1.807, 2.05) is 0 Å². The summed E-state index contributed by atoms with van der Waals surface area (Å²) in [5.41, 5.74) is -9.79. The van der Waals surface area contributed by atoms with Crippen molar-refractivity contribution in [2.24, 2.45) is 0 Å². The molecule has 2 N–H and O–H groups in total. The van der Waals surface area contributed by atoms with E-state index in [1.54, 1.807) is 12.1 Å². The number of amides is 1. The highest BCUT2D eigenvalue weighted by Crippen LogP contribution is 2.65. The molecule has 1 heterocycles. The van der Waals surface area contributed by atoms with Gasteiger partial charge in [0.25, 0.3) is 12.3 Å². The molecule has 4 atom stereocenters. The third kappa shape index (κ3) is 5.84. The molecule has 0 fully saturated rings. The van der Waals surface area contributed by atoms with Crippen molar-refractivity contribution in [3.05, 3.63) is 137 Å². The Bertz CT molecular complexity index is 2010. The third-order valence-corrected chi connectivity index (χ3v) is 9.89. The first-order valence-corrected chi connectivity index (χ1v) is 16.4. The van der Waals surface area contributed by atoms with Crippen LogP contribution in [0.25, 0.3) is 5.57 Å². The molecule has 52 heavy (non-hydrogen) atoms. The monoisotopic (exact) mass is 719 g/mol. The van der Waals surface area contributed by atoms with Crippen LogP contribution in [0.1, 0.15) is 35.6 Å². The van der Waals surface area contributed by atoms with Crippen LogP contribution in [-0.2, 0) is 21.8 Å². The number of benzene rings is 4. The number of rotatable bonds is 10. The SMILES string of the molecule is COc1ccc(C2(F)C=C(c3ccccc3NC(=O)C3=CN(C)NC3(C)C(F)F)CC(F)(c3ccc(OC)cc3)C2(F)c2ccc(OC)cc2)cc1. The molecule has 0 radical (unpaired) electrons. The first-order chi connectivity index (χ1) is 24.7. The van der Waals surface area contributed by atoms with E-state index >= 15 is 13.2 Å². The van der Waals surface area contributed by atoms with Crippen LogP contribution in [0.5, 0.6) is 17.2 Å². The van der Waals surface area contributed by atoms with Gasteiger partial charge < -0.3 is 24.5 Å². The Hall–Kier alpha value is -5.36. The van der Waals surface area contributed by atoms with Crippen LogP contribution in [-0.4, -0.2) is 51.3 Å². The average Bonchev–Trinajstić information content (AvgIpc) is 3.48. The molecule has 12 heteroatoms. The summed E-state index contributed by atoms with van der Waals surface area (Å²) in [6.07, 6.45) is -1.35. The standard InChI is InChI=1S/C40H38F5N3O4/c1-37(36(41)42)33(24-48(2)47-37)35(49)46-34-9-7-6-8-32(34)25-22-38(43,26-10-16-29(50-3)17-11-26)40(45,28-14-20-31(52-5)21-15-28)39(44,23-25)27-12-18-30(51-4)19-13-27/h6-22,24,36,47H,23H2,1-5H3,(H,46,49). The van der Waals surface area contributed by atoms with Crippen molar-refractivity contribution in [2.45, 2.75) is 42.3 Å². The fraction of sp³-hybridized carbons (Fsp3) is 0.275. The predicted octanol–water partition coefficient (Wildman–Crippen LogP) is 8.39. The van der Waals surface area contributed by atoms with Gasteiger partial charge in [0.15, 0.2) is 11.3 Å². The fourth-order valence-corrected chi connectivity index (χ4v) is 7.08. The molecular weight excluding hydrogens is 681 g/mol. The number of methoxy groups -OCH3 is 3. The van der Waals surface area contributed by atoms with Crippen LogP contribution >= 0.6 is 0 Å². The Labute approximate surface area is 298 Å². The molecule has 2 aliphatic rings. The highest BCUT2D eigenvalue weighted by atomic mass is 19.3. The molecule has 6 rings (SSSR count). The molecule has 4 aromatic carbocycles. The van der Waals surface area contributed by atoms with E-state index < -0.39 is 41.3 Å². The number of ether oxygens (including phenoxy) is 3. The smallest absolute Gasteiger partial charge is 0.262 e. The second-order valence-corrected chi connectivity index (χ2v) is 13.0. The number of allylic oxidation sites excluding steroid dienone is 2. The maximum atomic E-state index is 18.7. The van der Waals surface area contributed by atoms with Gasteiger partial charge in [-0.2, -0.15) is 0 Å². The minimum Gasteiger partial charge on any atom is -0.497 e. The summed E-state index contributed by atoms with van der Waals surface area (Å²) >= 11 is 0. The van der Waals surface area contributed by atoms with Crippen LogP contribution in [0.15, 0.2) is 115 Å². The Morgan fingerprint density at radius 2 is 1.27 bits per heavy atom. The quantitative estimate of drug-likeness (QED) is 0.161. The molecule has 272 valence electrons. The molecule has 0 saturated heterocycles. The van der Waals surface area contributed by atoms with Gasteiger partial charge in [-0.15, -0.1) is 0 Å². The minimum atomic E-state index is -3.40. The van der Waals surface area contributed by atoms with Gasteiger partial charge in [-0.3, -0.25) is 4.79 Å². The minimum absolute atomic E-state index is 0.0154. The summed E-state index contributed by atoms with van der Waals surface area (Å²) in [5, 5.41) is 3.94. The van der Waals surface area contributed by atoms with Crippen molar-refractivity contribution in [2.75, 3.05) is 33.7 Å². The topological polar surface area (TPSA) is 72.1 Å². The number of hydrogen-bond acceptors (Lipinski definition) is 6. The van der Waals surface area contributed by atoms with Gasteiger partial charge >= 0.3 is 0 Å². The predicted molar refractivity (Wildman–Crippen MR) is 188 cm³/mol. The average molecular weight is 720 g/mol. The lowest BCUT2D eigenvalue weighted by Gasteiger charge is -2.51. The third-order valence-electron chi connectivity index (χ3n) is 9.89. The van der Waals surface area contributed by atoms with Gasteiger partial charge in [0.1, 0.15) is 22.8 Å². The summed E-state index contributed by atoms with van der Waals surface area (Å²) in [6.45, 7) is 1.20. The Balaban J connectivity index is 1.58. The first-order valence-electron chi connectivity index (χ1n) is 16.4. The molecule has 1 aliphatic heterocycles. The Kier molecular flexibility index (Phi) is 9.56. The number of carbonyl (C=O) groups is 1. The fourth-order valence-electron chi connectivity index (χ4n) is 7.08. The van der Waals surface area contributed by atoms with E-state index in [0.29, 0.717) is 17.2 Å².